The van der Waals surface area contributed by atoms with Crippen LogP contribution in [0.1, 0.15) is 59.3 Å². The average Bonchev–Trinajstić information content (AvgIpc) is 2.42. The standard InChI is InChI=1S/C16H28.C2H4/c1-5-9-12-16(11-7-3)14-13-15(8-4)10-6-2;1-2/h7,9,11-12,15H,3,5-6,8,10,13-14H2,1-2,4H3;1-2H2/b12-9-,16-11+;. The molecule has 0 saturated carbocycles. The van der Waals surface area contributed by atoms with Crippen molar-refractivity contribution in [1.29, 1.82) is 0 Å². The second kappa shape index (κ2) is 16.0. The fraction of sp³-hybridized carbons (Fsp3) is 0.556. The molecule has 0 spiro atoms. The van der Waals surface area contributed by atoms with Gasteiger partial charge in [0.2, 0.25) is 0 Å². The van der Waals surface area contributed by atoms with E-state index in [2.05, 4.69) is 58.7 Å². The van der Waals surface area contributed by atoms with Crippen LogP contribution in [-0.4, -0.2) is 0 Å². The van der Waals surface area contributed by atoms with Gasteiger partial charge in [-0.2, -0.15) is 0 Å². The first-order valence-corrected chi connectivity index (χ1v) is 7.26. The minimum atomic E-state index is 0.897. The highest BCUT2D eigenvalue weighted by molar-refractivity contribution is 5.22. The van der Waals surface area contributed by atoms with Gasteiger partial charge in [-0.1, -0.05) is 70.9 Å². The fourth-order valence-corrected chi connectivity index (χ4v) is 1.97. The van der Waals surface area contributed by atoms with E-state index in [0.29, 0.717) is 0 Å². The Morgan fingerprint density at radius 3 is 2.22 bits per heavy atom. The zero-order chi connectivity index (χ0) is 14.2. The normalized spacial score (nSPS) is 12.9. The molecule has 0 nitrogen and oxygen atoms in total. The Labute approximate surface area is 115 Å². The van der Waals surface area contributed by atoms with Gasteiger partial charge in [0.05, 0.1) is 0 Å². The smallest absolute Gasteiger partial charge is 0.0276 e. The summed E-state index contributed by atoms with van der Waals surface area (Å²) in [6.45, 7) is 16.5. The Kier molecular flexibility index (Phi) is 17.1. The third-order valence-corrected chi connectivity index (χ3v) is 3.02. The largest absolute Gasteiger partial charge is 0.106 e. The van der Waals surface area contributed by atoms with Crippen LogP contribution in [0.15, 0.2) is 49.6 Å². The summed E-state index contributed by atoms with van der Waals surface area (Å²) in [6.07, 6.45) is 16.1. The molecule has 0 aromatic rings. The first-order chi connectivity index (χ1) is 8.78. The maximum Gasteiger partial charge on any atom is -0.0276 e. The lowest BCUT2D eigenvalue weighted by Gasteiger charge is -2.13. The summed E-state index contributed by atoms with van der Waals surface area (Å²) in [6, 6.07) is 0. The van der Waals surface area contributed by atoms with Crippen LogP contribution in [0, 0.1) is 5.92 Å². The van der Waals surface area contributed by atoms with E-state index in [-0.39, 0.29) is 0 Å². The van der Waals surface area contributed by atoms with Crippen molar-refractivity contribution in [2.45, 2.75) is 59.3 Å². The van der Waals surface area contributed by atoms with E-state index in [1.807, 2.05) is 6.08 Å². The van der Waals surface area contributed by atoms with Gasteiger partial charge in [-0.05, 0) is 30.8 Å². The second-order valence-corrected chi connectivity index (χ2v) is 4.39. The Balaban J connectivity index is 0. The molecule has 0 aromatic carbocycles. The van der Waals surface area contributed by atoms with Crippen molar-refractivity contribution >= 4 is 0 Å². The summed E-state index contributed by atoms with van der Waals surface area (Å²) in [4.78, 5) is 0. The Bertz CT molecular complexity index is 232. The zero-order valence-electron chi connectivity index (χ0n) is 12.8. The minimum Gasteiger partial charge on any atom is -0.106 e. The zero-order valence-corrected chi connectivity index (χ0v) is 12.8. The lowest BCUT2D eigenvalue weighted by atomic mass is 9.93. The van der Waals surface area contributed by atoms with E-state index >= 15 is 0 Å². The average molecular weight is 248 g/mol. The van der Waals surface area contributed by atoms with Crippen molar-refractivity contribution in [3.8, 4) is 0 Å². The van der Waals surface area contributed by atoms with Gasteiger partial charge in [0.1, 0.15) is 0 Å². The van der Waals surface area contributed by atoms with Crippen molar-refractivity contribution in [2.24, 2.45) is 5.92 Å². The topological polar surface area (TPSA) is 0 Å². The van der Waals surface area contributed by atoms with Crippen LogP contribution in [0.3, 0.4) is 0 Å². The number of hydrogen-bond donors (Lipinski definition) is 0. The molecule has 1 atom stereocenters. The lowest BCUT2D eigenvalue weighted by Crippen LogP contribution is -1.98. The van der Waals surface area contributed by atoms with Crippen LogP contribution < -0.4 is 0 Å². The molecule has 0 aliphatic carbocycles. The molecule has 104 valence electrons. The van der Waals surface area contributed by atoms with Crippen LogP contribution in [0.4, 0.5) is 0 Å². The first-order valence-electron chi connectivity index (χ1n) is 7.26. The lowest BCUT2D eigenvalue weighted by molar-refractivity contribution is 0.433. The van der Waals surface area contributed by atoms with Crippen LogP contribution in [0.5, 0.6) is 0 Å². The molecule has 0 heterocycles. The molecule has 0 aliphatic rings. The van der Waals surface area contributed by atoms with Crippen LogP contribution >= 0.6 is 0 Å². The molecule has 0 heteroatoms. The molecule has 0 radical (unpaired) electrons. The van der Waals surface area contributed by atoms with Crippen molar-refractivity contribution in [3.05, 3.63) is 49.6 Å². The monoisotopic (exact) mass is 248 g/mol. The third kappa shape index (κ3) is 11.4. The summed E-state index contributed by atoms with van der Waals surface area (Å²) in [5.41, 5.74) is 1.42. The predicted molar refractivity (Wildman–Crippen MR) is 86.9 cm³/mol. The summed E-state index contributed by atoms with van der Waals surface area (Å²) >= 11 is 0. The maximum absolute atomic E-state index is 3.78. The molecule has 0 aliphatic heterocycles. The predicted octanol–water partition coefficient (Wildman–Crippen LogP) is 6.47. The molecule has 18 heavy (non-hydrogen) atoms. The van der Waals surface area contributed by atoms with E-state index in [1.165, 1.54) is 37.7 Å². The van der Waals surface area contributed by atoms with Crippen molar-refractivity contribution in [1.82, 2.24) is 0 Å². The molecule has 0 N–H and O–H groups in total. The highest BCUT2D eigenvalue weighted by atomic mass is 14.1. The molecular formula is C18H32. The van der Waals surface area contributed by atoms with Crippen LogP contribution in [0.2, 0.25) is 0 Å². The summed E-state index contributed by atoms with van der Waals surface area (Å²) < 4.78 is 0. The Hall–Kier alpha value is -1.04. The SMILES string of the molecule is C=C.C=C/C=C(\C=C/CC)CCC(CC)CCC. The van der Waals surface area contributed by atoms with Gasteiger partial charge in [-0.15, -0.1) is 13.2 Å². The van der Waals surface area contributed by atoms with Gasteiger partial charge in [-0.25, -0.2) is 0 Å². The molecule has 0 saturated heterocycles. The first kappa shape index (κ1) is 19.3. The van der Waals surface area contributed by atoms with Gasteiger partial charge >= 0.3 is 0 Å². The summed E-state index contributed by atoms with van der Waals surface area (Å²) in [5.74, 6) is 0.897. The molecule has 1 unspecified atom stereocenters. The Morgan fingerprint density at radius 1 is 1.11 bits per heavy atom. The van der Waals surface area contributed by atoms with E-state index in [0.717, 1.165) is 12.3 Å². The van der Waals surface area contributed by atoms with Crippen LogP contribution in [0.25, 0.3) is 0 Å². The fourth-order valence-electron chi connectivity index (χ4n) is 1.97. The van der Waals surface area contributed by atoms with E-state index in [1.54, 1.807) is 0 Å². The van der Waals surface area contributed by atoms with E-state index in [4.69, 9.17) is 0 Å². The molecular weight excluding hydrogens is 216 g/mol. The highest BCUT2D eigenvalue weighted by Gasteiger charge is 2.05. The van der Waals surface area contributed by atoms with Crippen molar-refractivity contribution in [2.75, 3.05) is 0 Å². The number of hydrogen-bond acceptors (Lipinski definition) is 0. The van der Waals surface area contributed by atoms with E-state index < -0.39 is 0 Å². The van der Waals surface area contributed by atoms with Gasteiger partial charge in [0, 0.05) is 0 Å². The van der Waals surface area contributed by atoms with Gasteiger partial charge in [-0.3, -0.25) is 0 Å². The van der Waals surface area contributed by atoms with Gasteiger partial charge in [0.25, 0.3) is 0 Å². The molecule has 0 fully saturated rings. The number of rotatable bonds is 9. The van der Waals surface area contributed by atoms with Crippen LogP contribution in [-0.2, 0) is 0 Å². The summed E-state index contributed by atoms with van der Waals surface area (Å²) in [5, 5.41) is 0. The number of allylic oxidation sites excluding steroid dienone is 5. The quantitative estimate of drug-likeness (QED) is 0.324. The minimum absolute atomic E-state index is 0.897. The third-order valence-electron chi connectivity index (χ3n) is 3.02. The molecule has 0 bridgehead atoms. The molecule has 0 amide bonds. The summed E-state index contributed by atoms with van der Waals surface area (Å²) in [7, 11) is 0. The maximum atomic E-state index is 3.78. The van der Waals surface area contributed by atoms with E-state index in [9.17, 15) is 0 Å². The Morgan fingerprint density at radius 2 is 1.78 bits per heavy atom. The highest BCUT2D eigenvalue weighted by Crippen LogP contribution is 2.20. The second-order valence-electron chi connectivity index (χ2n) is 4.39. The molecule has 0 aromatic heterocycles. The molecule has 0 rings (SSSR count). The van der Waals surface area contributed by atoms with Crippen molar-refractivity contribution in [3.63, 3.8) is 0 Å². The van der Waals surface area contributed by atoms with Gasteiger partial charge in [0.15, 0.2) is 0 Å². The van der Waals surface area contributed by atoms with Crippen molar-refractivity contribution < 1.29 is 0 Å². The van der Waals surface area contributed by atoms with Gasteiger partial charge < -0.3 is 0 Å².